The monoisotopic (exact) mass is 442 g/mol. The van der Waals surface area contributed by atoms with E-state index in [1.165, 1.54) is 0 Å². The van der Waals surface area contributed by atoms with E-state index in [1.807, 2.05) is 0 Å². The van der Waals surface area contributed by atoms with Gasteiger partial charge in [0, 0.05) is 39.3 Å². The second-order valence-electron chi connectivity index (χ2n) is 2.18. The van der Waals surface area contributed by atoms with Gasteiger partial charge in [-0.25, -0.2) is 0 Å². The third-order valence-electron chi connectivity index (χ3n) is 0.500. The zero-order chi connectivity index (χ0) is 14.7. The molecule has 12 N–H and O–H groups in total. The van der Waals surface area contributed by atoms with E-state index in [0.29, 0.717) is 39.3 Å². The Bertz CT molecular complexity index is 128. The van der Waals surface area contributed by atoms with Crippen molar-refractivity contribution in [2.45, 2.75) is 0 Å². The van der Waals surface area contributed by atoms with Gasteiger partial charge in [-0.05, 0) is 0 Å². The maximum Gasteiger partial charge on any atom is 3.00 e. The maximum atomic E-state index is 4.90. The zero-order valence-electron chi connectivity index (χ0n) is 10.1. The summed E-state index contributed by atoms with van der Waals surface area (Å²) in [5.74, 6) is 0. The van der Waals surface area contributed by atoms with Crippen LogP contribution in [-0.2, 0) is 49.5 Å². The number of nitrogens with two attached hydrogens (primary N) is 6. The summed E-state index contributed by atoms with van der Waals surface area (Å²) in [5.41, 5.74) is 29.4. The molecule has 0 heterocycles. The van der Waals surface area contributed by atoms with E-state index in [9.17, 15) is 0 Å². The number of hydrogen-bond donors (Lipinski definition) is 6. The van der Waals surface area contributed by atoms with Crippen molar-refractivity contribution in [1.29, 1.82) is 0 Å². The molecule has 0 aliphatic heterocycles. The molecule has 0 unspecified atom stereocenters. The summed E-state index contributed by atoms with van der Waals surface area (Å²) >= 11 is 0. The Morgan fingerprint density at radius 2 is 0.667 bits per heavy atom. The first-order valence-corrected chi connectivity index (χ1v) is 15.3. The van der Waals surface area contributed by atoms with Crippen LogP contribution in [0.3, 0.4) is 0 Å². The number of hydrogen-bond acceptors (Lipinski definition) is 10. The molecule has 0 radical (unpaired) electrons. The van der Waals surface area contributed by atoms with Crippen LogP contribution in [0.5, 0.6) is 0 Å². The molecule has 0 spiro atoms. The summed E-state index contributed by atoms with van der Waals surface area (Å²) in [6.45, 7) is 3.58. The van der Waals surface area contributed by atoms with Crippen LogP contribution in [0.1, 0.15) is 0 Å². The molecule has 12 heteroatoms. The van der Waals surface area contributed by atoms with Crippen LogP contribution >= 0.6 is 10.4 Å². The molecule has 0 fully saturated rings. The van der Waals surface area contributed by atoms with Gasteiger partial charge in [0.15, 0.2) is 0 Å². The topological polar surface area (TPSA) is 156 Å². The van der Waals surface area contributed by atoms with E-state index >= 15 is 0 Å². The first-order chi connectivity index (χ1) is 7.74. The van der Waals surface area contributed by atoms with Gasteiger partial charge in [-0.3, -0.25) is 0 Å². The molecular weight excluding hydrogens is 418 g/mol. The molecule has 0 aromatic carbocycles. The summed E-state index contributed by atoms with van der Waals surface area (Å²) < 4.78 is 0. The average molecular weight is 442 g/mol. The van der Waals surface area contributed by atoms with Crippen LogP contribution in [0.2, 0.25) is 0 Å². The van der Waals surface area contributed by atoms with Crippen molar-refractivity contribution < 1.29 is 16.8 Å². The van der Waals surface area contributed by atoms with E-state index in [2.05, 4.69) is 43.1 Å². The number of rotatable bonds is 3. The van der Waals surface area contributed by atoms with Crippen LogP contribution < -0.4 is 34.4 Å². The Labute approximate surface area is 141 Å². The average Bonchev–Trinajstić information content (AvgIpc) is 2.27. The van der Waals surface area contributed by atoms with Crippen molar-refractivity contribution in [3.63, 3.8) is 0 Å². The van der Waals surface area contributed by atoms with E-state index in [1.54, 1.807) is 0 Å². The van der Waals surface area contributed by atoms with Crippen LogP contribution in [-0.4, -0.2) is 47.7 Å². The normalized spacial score (nSPS) is 8.28. The molecule has 18 heavy (non-hydrogen) atoms. The Morgan fingerprint density at radius 3 is 0.667 bits per heavy atom. The van der Waals surface area contributed by atoms with Crippen molar-refractivity contribution in [1.82, 2.24) is 0 Å². The SMILES string of the molecule is NCCN.NCCN.NCCN.S=[As]([S-])([S-])[S-].[Co+3]. The van der Waals surface area contributed by atoms with Crippen molar-refractivity contribution in [3.8, 4) is 0 Å². The molecule has 0 amide bonds. The van der Waals surface area contributed by atoms with Crippen molar-refractivity contribution >= 4 is 51.5 Å². The minimum Gasteiger partial charge on any atom is 3.00 e. The van der Waals surface area contributed by atoms with Crippen LogP contribution in [0, 0.1) is 0 Å². The van der Waals surface area contributed by atoms with Crippen LogP contribution in [0.15, 0.2) is 0 Å². The summed E-state index contributed by atoms with van der Waals surface area (Å²) in [5, 5.41) is 0. The minimum atomic E-state index is -2.54. The van der Waals surface area contributed by atoms with Crippen molar-refractivity contribution in [2.24, 2.45) is 34.4 Å². The van der Waals surface area contributed by atoms with E-state index < -0.39 is 8.41 Å². The van der Waals surface area contributed by atoms with Crippen molar-refractivity contribution in [2.75, 3.05) is 39.3 Å². The Hall–Kier alpha value is 2.09. The fourth-order valence-corrected chi connectivity index (χ4v) is 0. The first kappa shape index (κ1) is 32.2. The van der Waals surface area contributed by atoms with E-state index in [-0.39, 0.29) is 16.8 Å². The molecule has 0 aliphatic carbocycles. The molecule has 116 valence electrons. The zero-order valence-corrected chi connectivity index (χ0v) is 16.3. The van der Waals surface area contributed by atoms with Crippen LogP contribution in [0.25, 0.3) is 0 Å². The Kier molecular flexibility index (Phi) is 56.2. The first-order valence-electron chi connectivity index (χ1n) is 4.68. The molecule has 0 rings (SSSR count). The fourth-order valence-electron chi connectivity index (χ4n) is 0. The molecule has 0 bridgehead atoms. The predicted octanol–water partition coefficient (Wildman–Crippen LogP) is -3.03. The minimum absolute atomic E-state index is 0. The molecule has 0 atom stereocenters. The second kappa shape index (κ2) is 31.5. The van der Waals surface area contributed by atoms with Gasteiger partial charge >= 0.3 is 68.3 Å². The molecule has 0 saturated heterocycles. The molecular formula is C6H24AsCoN6S4. The van der Waals surface area contributed by atoms with Gasteiger partial charge in [-0.15, -0.1) is 0 Å². The van der Waals surface area contributed by atoms with Gasteiger partial charge in [-0.2, -0.15) is 0 Å². The van der Waals surface area contributed by atoms with Gasteiger partial charge in [0.2, 0.25) is 0 Å². The predicted molar refractivity (Wildman–Crippen MR) is 89.8 cm³/mol. The maximum absolute atomic E-state index is 4.90. The third kappa shape index (κ3) is 204. The summed E-state index contributed by atoms with van der Waals surface area (Å²) in [6.07, 6.45) is 0. The van der Waals surface area contributed by atoms with E-state index in [0.717, 1.165) is 0 Å². The largest absolute Gasteiger partial charge is 3.00 e. The van der Waals surface area contributed by atoms with Crippen molar-refractivity contribution in [3.05, 3.63) is 0 Å². The standard InChI is InChI=1S/3C2H8N2.AsH3S4.Co/c3*3-1-2-4;2-1(3,4)5;/h3*1-4H2;(H3,2,3,4,5);/q;;;;+3/p-3. The quantitative estimate of drug-likeness (QED) is 0.196. The van der Waals surface area contributed by atoms with Gasteiger partial charge in [0.1, 0.15) is 0 Å². The molecule has 6 nitrogen and oxygen atoms in total. The summed E-state index contributed by atoms with van der Waals surface area (Å²) in [7, 11) is 15.2. The summed E-state index contributed by atoms with van der Waals surface area (Å²) in [4.78, 5) is 0. The second-order valence-corrected chi connectivity index (χ2v) is 22.6. The van der Waals surface area contributed by atoms with Gasteiger partial charge < -0.3 is 34.4 Å². The van der Waals surface area contributed by atoms with Gasteiger partial charge in [0.05, 0.1) is 0 Å². The smallest absolute Gasteiger partial charge is 3.00 e. The Morgan fingerprint density at radius 1 is 0.611 bits per heavy atom. The van der Waals surface area contributed by atoms with Gasteiger partial charge in [0.25, 0.3) is 0 Å². The molecule has 0 aromatic heterocycles. The fraction of sp³-hybridized carbons (Fsp3) is 1.00. The van der Waals surface area contributed by atoms with E-state index in [4.69, 9.17) is 34.4 Å². The third-order valence-corrected chi connectivity index (χ3v) is 0.500. The summed E-state index contributed by atoms with van der Waals surface area (Å²) in [6, 6.07) is 0. The Balaban J connectivity index is -0.0000000412. The van der Waals surface area contributed by atoms with Crippen LogP contribution in [0.4, 0.5) is 0 Å². The molecule has 0 aromatic rings. The molecule has 0 saturated carbocycles. The molecule has 0 aliphatic rings. The van der Waals surface area contributed by atoms with Gasteiger partial charge in [-0.1, -0.05) is 0 Å².